The van der Waals surface area contributed by atoms with Crippen LogP contribution in [0.3, 0.4) is 0 Å². The quantitative estimate of drug-likeness (QED) is 0.457. The normalized spacial score (nSPS) is 12.0. The monoisotopic (exact) mass is 425 g/mol. The maximum absolute atomic E-state index is 14.7. The predicted molar refractivity (Wildman–Crippen MR) is 109 cm³/mol. The molecule has 2 aromatic heterocycles. The summed E-state index contributed by atoms with van der Waals surface area (Å²) in [5.74, 6) is -2.94. The van der Waals surface area contributed by atoms with Crippen molar-refractivity contribution >= 4 is 11.4 Å². The van der Waals surface area contributed by atoms with Crippen LogP contribution in [0.2, 0.25) is 0 Å². The van der Waals surface area contributed by atoms with E-state index >= 15 is 0 Å². The molecule has 0 amide bonds. The van der Waals surface area contributed by atoms with Gasteiger partial charge < -0.3 is 15.5 Å². The van der Waals surface area contributed by atoms with Crippen LogP contribution in [0.5, 0.6) is 0 Å². The molecule has 0 aliphatic rings. The van der Waals surface area contributed by atoms with Gasteiger partial charge >= 0.3 is 0 Å². The number of rotatable bonds is 6. The smallest absolute Gasteiger partial charge is 0.250 e. The van der Waals surface area contributed by atoms with Gasteiger partial charge in [0.15, 0.2) is 11.6 Å². The summed E-state index contributed by atoms with van der Waals surface area (Å²) in [5, 5.41) is 10.4. The van der Waals surface area contributed by atoms with Crippen LogP contribution in [-0.2, 0) is 6.42 Å². The maximum atomic E-state index is 14.7. The van der Waals surface area contributed by atoms with Crippen molar-refractivity contribution in [2.45, 2.75) is 19.4 Å². The number of pyridine rings is 1. The van der Waals surface area contributed by atoms with Gasteiger partial charge in [0.05, 0.1) is 16.9 Å². The summed E-state index contributed by atoms with van der Waals surface area (Å²) in [5.41, 5.74) is 7.27. The number of benzene rings is 2. The topological polar surface area (TPSA) is 89.9 Å². The van der Waals surface area contributed by atoms with Gasteiger partial charge in [-0.2, -0.15) is 0 Å². The van der Waals surface area contributed by atoms with Crippen LogP contribution < -0.4 is 11.1 Å². The van der Waals surface area contributed by atoms with Crippen LogP contribution in [0.4, 0.5) is 24.5 Å². The van der Waals surface area contributed by atoms with Gasteiger partial charge in [0.25, 0.3) is 0 Å². The third kappa shape index (κ3) is 4.13. The zero-order chi connectivity index (χ0) is 22.0. The van der Waals surface area contributed by atoms with Crippen molar-refractivity contribution in [2.24, 2.45) is 5.73 Å². The highest BCUT2D eigenvalue weighted by Gasteiger charge is 2.23. The summed E-state index contributed by atoms with van der Waals surface area (Å²) >= 11 is 0. The van der Waals surface area contributed by atoms with Crippen molar-refractivity contribution in [3.63, 3.8) is 0 Å². The van der Waals surface area contributed by atoms with Crippen molar-refractivity contribution in [1.29, 1.82) is 0 Å². The molecule has 0 aliphatic carbocycles. The number of halogens is 3. The van der Waals surface area contributed by atoms with Crippen molar-refractivity contribution in [3.05, 3.63) is 89.3 Å². The fraction of sp³-hybridized carbons (Fsp3) is 0.136. The molecule has 158 valence electrons. The molecule has 4 aromatic rings. The summed E-state index contributed by atoms with van der Waals surface area (Å²) in [7, 11) is 0. The number of nitrogens with one attached hydrogen (secondary N) is 1. The second-order valence-electron chi connectivity index (χ2n) is 6.79. The Hall–Kier alpha value is -3.72. The van der Waals surface area contributed by atoms with Crippen LogP contribution in [0.25, 0.3) is 11.5 Å². The van der Waals surface area contributed by atoms with Crippen LogP contribution >= 0.6 is 0 Å². The lowest BCUT2D eigenvalue weighted by Gasteiger charge is -2.13. The lowest BCUT2D eigenvalue weighted by molar-refractivity contribution is 0.482. The number of hydrogen-bond donors (Lipinski definition) is 2. The molecule has 1 atom stereocenters. The molecule has 0 saturated carbocycles. The van der Waals surface area contributed by atoms with Crippen LogP contribution in [0.1, 0.15) is 30.0 Å². The van der Waals surface area contributed by atoms with E-state index < -0.39 is 23.5 Å². The third-order valence-corrected chi connectivity index (χ3v) is 4.78. The molecule has 9 heteroatoms. The van der Waals surface area contributed by atoms with E-state index in [9.17, 15) is 13.2 Å². The van der Waals surface area contributed by atoms with Crippen LogP contribution in [-0.4, -0.2) is 15.2 Å². The second-order valence-corrected chi connectivity index (χ2v) is 6.79. The Morgan fingerprint density at radius 2 is 1.90 bits per heavy atom. The van der Waals surface area contributed by atoms with Gasteiger partial charge in [0.2, 0.25) is 11.8 Å². The van der Waals surface area contributed by atoms with Gasteiger partial charge in [-0.05, 0) is 47.9 Å². The van der Waals surface area contributed by atoms with Crippen LogP contribution in [0, 0.1) is 17.5 Å². The average Bonchev–Trinajstić information content (AvgIpc) is 3.28. The predicted octanol–water partition coefficient (Wildman–Crippen LogP) is 4.90. The van der Waals surface area contributed by atoms with E-state index in [1.54, 1.807) is 30.6 Å². The molecule has 2 aromatic carbocycles. The lowest BCUT2D eigenvalue weighted by Crippen LogP contribution is -2.12. The Bertz CT molecular complexity index is 1210. The summed E-state index contributed by atoms with van der Waals surface area (Å²) in [6.45, 7) is 1.88. The first-order valence-corrected chi connectivity index (χ1v) is 9.50. The summed E-state index contributed by atoms with van der Waals surface area (Å²) < 4.78 is 48.7. The Balaban J connectivity index is 1.72. The van der Waals surface area contributed by atoms with Crippen molar-refractivity contribution in [3.8, 4) is 11.5 Å². The molecule has 3 N–H and O–H groups in total. The Morgan fingerprint density at radius 1 is 1.06 bits per heavy atom. The summed E-state index contributed by atoms with van der Waals surface area (Å²) in [6.07, 6.45) is 3.79. The molecule has 0 fully saturated rings. The Labute approximate surface area is 176 Å². The zero-order valence-electron chi connectivity index (χ0n) is 16.4. The van der Waals surface area contributed by atoms with Gasteiger partial charge in [-0.3, -0.25) is 4.98 Å². The molecular formula is C22H18F3N5O. The standard InChI is InChI=1S/C22H18F3N5O/c1-2-12-5-8-17(16(24)10-12)28-20-14(6-7-15(23)18(20)25)21-29-30-22(31-21)19(26)13-4-3-9-27-11-13/h3-11,19,28H,2,26H2,1H3. The van der Waals surface area contributed by atoms with Gasteiger partial charge in [-0.25, -0.2) is 13.2 Å². The first kappa shape index (κ1) is 20.5. The van der Waals surface area contributed by atoms with E-state index in [0.29, 0.717) is 12.0 Å². The highest BCUT2D eigenvalue weighted by atomic mass is 19.2. The number of nitrogens with two attached hydrogens (primary N) is 1. The molecule has 0 spiro atoms. The lowest BCUT2D eigenvalue weighted by atomic mass is 10.1. The van der Waals surface area contributed by atoms with E-state index in [-0.39, 0.29) is 28.7 Å². The van der Waals surface area contributed by atoms with Crippen molar-refractivity contribution in [2.75, 3.05) is 5.32 Å². The van der Waals surface area contributed by atoms with E-state index in [1.165, 1.54) is 18.2 Å². The molecule has 2 heterocycles. The molecule has 0 aliphatic heterocycles. The number of anilines is 2. The fourth-order valence-electron chi connectivity index (χ4n) is 3.04. The largest absolute Gasteiger partial charge is 0.419 e. The molecule has 0 bridgehead atoms. The molecule has 1 unspecified atom stereocenters. The third-order valence-electron chi connectivity index (χ3n) is 4.78. The van der Waals surface area contributed by atoms with Crippen LogP contribution in [0.15, 0.2) is 59.3 Å². The fourth-order valence-corrected chi connectivity index (χ4v) is 3.04. The molecule has 31 heavy (non-hydrogen) atoms. The molecule has 0 radical (unpaired) electrons. The number of aromatic nitrogens is 3. The molecule has 0 saturated heterocycles. The maximum Gasteiger partial charge on any atom is 0.250 e. The van der Waals surface area contributed by atoms with E-state index in [0.717, 1.165) is 11.6 Å². The van der Waals surface area contributed by atoms with Gasteiger partial charge in [-0.15, -0.1) is 10.2 Å². The SMILES string of the molecule is CCc1ccc(Nc2c(-c3nnc(C(N)c4cccnc4)o3)ccc(F)c2F)c(F)c1. The Morgan fingerprint density at radius 3 is 2.61 bits per heavy atom. The van der Waals surface area contributed by atoms with E-state index in [1.807, 2.05) is 6.92 Å². The average molecular weight is 425 g/mol. The van der Waals surface area contributed by atoms with Gasteiger partial charge in [0, 0.05) is 12.4 Å². The molecular weight excluding hydrogens is 407 g/mol. The minimum atomic E-state index is -1.20. The number of aryl methyl sites for hydroxylation is 1. The van der Waals surface area contributed by atoms with Crippen molar-refractivity contribution in [1.82, 2.24) is 15.2 Å². The van der Waals surface area contributed by atoms with E-state index in [2.05, 4.69) is 20.5 Å². The highest BCUT2D eigenvalue weighted by Crippen LogP contribution is 2.35. The summed E-state index contributed by atoms with van der Waals surface area (Å²) in [4.78, 5) is 3.99. The first-order chi connectivity index (χ1) is 15.0. The number of hydrogen-bond acceptors (Lipinski definition) is 6. The summed E-state index contributed by atoms with van der Waals surface area (Å²) in [6, 6.07) is 9.38. The Kier molecular flexibility index (Phi) is 5.68. The van der Waals surface area contributed by atoms with E-state index in [4.69, 9.17) is 10.2 Å². The first-order valence-electron chi connectivity index (χ1n) is 9.50. The molecule has 4 rings (SSSR count). The number of nitrogens with zero attached hydrogens (tertiary/aromatic N) is 3. The highest BCUT2D eigenvalue weighted by molar-refractivity contribution is 5.77. The zero-order valence-corrected chi connectivity index (χ0v) is 16.4. The van der Waals surface area contributed by atoms with Gasteiger partial charge in [-0.1, -0.05) is 19.1 Å². The molecule has 6 nitrogen and oxygen atoms in total. The van der Waals surface area contributed by atoms with Gasteiger partial charge in [0.1, 0.15) is 11.9 Å². The second kappa shape index (κ2) is 8.57. The minimum absolute atomic E-state index is 0.0187. The minimum Gasteiger partial charge on any atom is -0.419 e. The van der Waals surface area contributed by atoms with Crippen molar-refractivity contribution < 1.29 is 17.6 Å².